The van der Waals surface area contributed by atoms with Crippen LogP contribution >= 0.6 is 11.6 Å². The van der Waals surface area contributed by atoms with Crippen LogP contribution in [0.5, 0.6) is 5.75 Å². The zero-order valence-corrected chi connectivity index (χ0v) is 12.4. The molecule has 0 saturated heterocycles. The van der Waals surface area contributed by atoms with Gasteiger partial charge in [0.2, 0.25) is 0 Å². The molecule has 1 heterocycles. The molecule has 22 heavy (non-hydrogen) atoms. The lowest BCUT2D eigenvalue weighted by atomic mass is 10.1. The Balaban J connectivity index is 2.67. The van der Waals surface area contributed by atoms with Crippen molar-refractivity contribution in [3.05, 3.63) is 46.4 Å². The molecule has 0 bridgehead atoms. The summed E-state index contributed by atoms with van der Waals surface area (Å²) < 4.78 is 23.9. The molecule has 0 radical (unpaired) electrons. The molecule has 0 aliphatic heterocycles. The minimum absolute atomic E-state index is 0.119. The van der Waals surface area contributed by atoms with Crippen LogP contribution in [0.1, 0.15) is 16.1 Å². The first-order valence-electron chi connectivity index (χ1n) is 6.04. The van der Waals surface area contributed by atoms with Crippen molar-refractivity contribution in [2.75, 3.05) is 14.2 Å². The number of hydrogen-bond donors (Lipinski definition) is 0. The van der Waals surface area contributed by atoms with Crippen molar-refractivity contribution in [3.8, 4) is 23.1 Å². The van der Waals surface area contributed by atoms with Crippen LogP contribution in [-0.4, -0.2) is 25.2 Å². The molecule has 2 aromatic rings. The van der Waals surface area contributed by atoms with Crippen molar-refractivity contribution < 1.29 is 18.7 Å². The highest BCUT2D eigenvalue weighted by atomic mass is 35.5. The van der Waals surface area contributed by atoms with Gasteiger partial charge >= 0.3 is 5.97 Å². The highest BCUT2D eigenvalue weighted by molar-refractivity contribution is 6.33. The molecule has 1 aromatic carbocycles. The molecular formula is C15H10ClFN2O3. The molecule has 2 rings (SSSR count). The fourth-order valence-electron chi connectivity index (χ4n) is 1.85. The smallest absolute Gasteiger partial charge is 0.358 e. The number of esters is 1. The summed E-state index contributed by atoms with van der Waals surface area (Å²) in [5, 5.41) is 8.73. The second-order valence-corrected chi connectivity index (χ2v) is 4.57. The molecule has 0 N–H and O–H groups in total. The van der Waals surface area contributed by atoms with Crippen molar-refractivity contribution in [1.82, 2.24) is 4.98 Å². The number of pyridine rings is 1. The summed E-state index contributed by atoms with van der Waals surface area (Å²) in [4.78, 5) is 15.6. The van der Waals surface area contributed by atoms with Crippen molar-refractivity contribution in [2.45, 2.75) is 0 Å². The number of benzene rings is 1. The van der Waals surface area contributed by atoms with E-state index in [-0.39, 0.29) is 22.2 Å². The van der Waals surface area contributed by atoms with E-state index in [9.17, 15) is 9.18 Å². The first kappa shape index (κ1) is 15.7. The maximum Gasteiger partial charge on any atom is 0.358 e. The Kier molecular flexibility index (Phi) is 4.59. The zero-order valence-electron chi connectivity index (χ0n) is 11.7. The van der Waals surface area contributed by atoms with Crippen LogP contribution in [0.25, 0.3) is 11.3 Å². The van der Waals surface area contributed by atoms with Gasteiger partial charge in [0.1, 0.15) is 11.4 Å². The van der Waals surface area contributed by atoms with Gasteiger partial charge in [-0.3, -0.25) is 0 Å². The quantitative estimate of drug-likeness (QED) is 0.812. The van der Waals surface area contributed by atoms with Gasteiger partial charge in [-0.05, 0) is 24.3 Å². The maximum absolute atomic E-state index is 14.2. The largest absolute Gasteiger partial charge is 0.496 e. The van der Waals surface area contributed by atoms with Crippen LogP contribution < -0.4 is 4.74 Å². The van der Waals surface area contributed by atoms with E-state index in [0.717, 1.165) is 6.07 Å². The predicted molar refractivity (Wildman–Crippen MR) is 77.2 cm³/mol. The highest BCUT2D eigenvalue weighted by Crippen LogP contribution is 2.33. The predicted octanol–water partition coefficient (Wildman–Crippen LogP) is 3.21. The number of carbonyl (C=O) groups excluding carboxylic acids is 1. The van der Waals surface area contributed by atoms with Crippen LogP contribution in [0.2, 0.25) is 5.02 Å². The normalized spacial score (nSPS) is 9.95. The lowest BCUT2D eigenvalue weighted by molar-refractivity contribution is 0.0594. The third kappa shape index (κ3) is 2.85. The number of hydrogen-bond acceptors (Lipinski definition) is 5. The van der Waals surface area contributed by atoms with Crippen LogP contribution in [0, 0.1) is 17.1 Å². The Labute approximate surface area is 130 Å². The van der Waals surface area contributed by atoms with Crippen LogP contribution in [-0.2, 0) is 4.74 Å². The molecule has 0 fully saturated rings. The number of rotatable bonds is 3. The lowest BCUT2D eigenvalue weighted by Crippen LogP contribution is -2.07. The minimum Gasteiger partial charge on any atom is -0.496 e. The Morgan fingerprint density at radius 1 is 1.36 bits per heavy atom. The van der Waals surface area contributed by atoms with Gasteiger partial charge < -0.3 is 9.47 Å². The molecular weight excluding hydrogens is 311 g/mol. The molecule has 7 heteroatoms. The molecule has 5 nitrogen and oxygen atoms in total. The van der Waals surface area contributed by atoms with Gasteiger partial charge in [-0.1, -0.05) is 11.6 Å². The van der Waals surface area contributed by atoms with E-state index >= 15 is 0 Å². The Morgan fingerprint density at radius 3 is 2.68 bits per heavy atom. The fraction of sp³-hybridized carbons (Fsp3) is 0.133. The van der Waals surface area contributed by atoms with Crippen molar-refractivity contribution in [3.63, 3.8) is 0 Å². The molecule has 0 aliphatic rings. The van der Waals surface area contributed by atoms with Crippen LogP contribution in [0.4, 0.5) is 4.39 Å². The van der Waals surface area contributed by atoms with Gasteiger partial charge in [-0.2, -0.15) is 5.26 Å². The average Bonchev–Trinajstić information content (AvgIpc) is 2.53. The van der Waals surface area contributed by atoms with E-state index in [1.54, 1.807) is 0 Å². The number of nitrogens with zero attached hydrogens (tertiary/aromatic N) is 2. The van der Waals surface area contributed by atoms with E-state index in [1.807, 2.05) is 6.07 Å². The first-order chi connectivity index (χ1) is 10.5. The third-order valence-corrected chi connectivity index (χ3v) is 3.18. The topological polar surface area (TPSA) is 72.2 Å². The molecule has 0 spiro atoms. The molecule has 1 aromatic heterocycles. The first-order valence-corrected chi connectivity index (χ1v) is 6.42. The van der Waals surface area contributed by atoms with Gasteiger partial charge in [0, 0.05) is 5.56 Å². The standard InChI is InChI=1S/C15H10ClFN2O3/c1-21-12-5-8(7-18)3-4-9(12)13-11(17)6-10(16)14(19-13)15(20)22-2/h3-6H,1-2H3. The Bertz CT molecular complexity index is 787. The van der Waals surface area contributed by atoms with Crippen molar-refractivity contribution >= 4 is 17.6 Å². The molecule has 0 unspecified atom stereocenters. The fourth-order valence-corrected chi connectivity index (χ4v) is 2.07. The number of aromatic nitrogens is 1. The van der Waals surface area contributed by atoms with Crippen LogP contribution in [0.3, 0.4) is 0 Å². The Morgan fingerprint density at radius 2 is 2.09 bits per heavy atom. The van der Waals surface area contributed by atoms with E-state index in [4.69, 9.17) is 21.6 Å². The maximum atomic E-state index is 14.2. The summed E-state index contributed by atoms with van der Waals surface area (Å²) in [5.74, 6) is -1.25. The highest BCUT2D eigenvalue weighted by Gasteiger charge is 2.20. The lowest BCUT2D eigenvalue weighted by Gasteiger charge is -2.11. The van der Waals surface area contributed by atoms with Gasteiger partial charge in [0.15, 0.2) is 11.5 Å². The van der Waals surface area contributed by atoms with E-state index in [1.165, 1.54) is 32.4 Å². The van der Waals surface area contributed by atoms with Crippen molar-refractivity contribution in [1.29, 1.82) is 5.26 Å². The summed E-state index contributed by atoms with van der Waals surface area (Å²) in [6, 6.07) is 7.36. The summed E-state index contributed by atoms with van der Waals surface area (Å²) in [7, 11) is 2.56. The molecule has 0 aliphatic carbocycles. The molecule has 0 amide bonds. The number of halogens is 2. The summed E-state index contributed by atoms with van der Waals surface area (Å²) in [6.07, 6.45) is 0. The van der Waals surface area contributed by atoms with Gasteiger partial charge in [0.05, 0.1) is 30.9 Å². The summed E-state index contributed by atoms with van der Waals surface area (Å²) in [6.45, 7) is 0. The molecule has 0 atom stereocenters. The number of ether oxygens (including phenoxy) is 2. The number of methoxy groups -OCH3 is 2. The Hall–Kier alpha value is -2.65. The molecule has 112 valence electrons. The monoisotopic (exact) mass is 320 g/mol. The SMILES string of the molecule is COC(=O)c1nc(-c2ccc(C#N)cc2OC)c(F)cc1Cl. The molecule has 0 saturated carbocycles. The number of carbonyl (C=O) groups is 1. The van der Waals surface area contributed by atoms with E-state index < -0.39 is 11.8 Å². The van der Waals surface area contributed by atoms with Crippen molar-refractivity contribution in [2.24, 2.45) is 0 Å². The minimum atomic E-state index is -0.779. The van der Waals surface area contributed by atoms with Gasteiger partial charge in [-0.15, -0.1) is 0 Å². The summed E-state index contributed by atoms with van der Waals surface area (Å²) in [5.41, 5.74) is 0.321. The second kappa shape index (κ2) is 6.41. The summed E-state index contributed by atoms with van der Waals surface area (Å²) >= 11 is 5.81. The van der Waals surface area contributed by atoms with E-state index in [2.05, 4.69) is 9.72 Å². The number of nitriles is 1. The van der Waals surface area contributed by atoms with Gasteiger partial charge in [0.25, 0.3) is 0 Å². The van der Waals surface area contributed by atoms with Gasteiger partial charge in [-0.25, -0.2) is 14.2 Å². The van der Waals surface area contributed by atoms with Crippen LogP contribution in [0.15, 0.2) is 24.3 Å². The third-order valence-electron chi connectivity index (χ3n) is 2.89. The zero-order chi connectivity index (χ0) is 16.3. The average molecular weight is 321 g/mol. The van der Waals surface area contributed by atoms with E-state index in [0.29, 0.717) is 11.1 Å². The second-order valence-electron chi connectivity index (χ2n) is 4.17.